The van der Waals surface area contributed by atoms with Crippen molar-refractivity contribution in [1.82, 2.24) is 5.32 Å². The van der Waals surface area contributed by atoms with Crippen molar-refractivity contribution < 1.29 is 9.84 Å². The molecule has 0 aliphatic heterocycles. The standard InChI is InChI=1S/C14H21NO2/c1-10-4-7-13(17-3)12(8-10)14(16,9-15-2)11-5-6-11/h4,7-8,11,15-16H,5-6,9H2,1-3H3. The number of nitrogens with one attached hydrogen (secondary N) is 1. The third-order valence-corrected chi connectivity index (χ3v) is 3.52. The fraction of sp³-hybridized carbons (Fsp3) is 0.571. The predicted octanol–water partition coefficient (Wildman–Crippen LogP) is 1.82. The van der Waals surface area contributed by atoms with Crippen LogP contribution >= 0.6 is 0 Å². The summed E-state index contributed by atoms with van der Waals surface area (Å²) >= 11 is 0. The van der Waals surface area contributed by atoms with Crippen LogP contribution in [-0.4, -0.2) is 25.8 Å². The van der Waals surface area contributed by atoms with Gasteiger partial charge in [-0.3, -0.25) is 0 Å². The molecule has 17 heavy (non-hydrogen) atoms. The van der Waals surface area contributed by atoms with Crippen LogP contribution in [0.5, 0.6) is 5.75 Å². The lowest BCUT2D eigenvalue weighted by molar-refractivity contribution is 0.0131. The lowest BCUT2D eigenvalue weighted by atomic mass is 9.87. The van der Waals surface area contributed by atoms with E-state index in [9.17, 15) is 5.11 Å². The summed E-state index contributed by atoms with van der Waals surface area (Å²) in [5.74, 6) is 1.13. The van der Waals surface area contributed by atoms with Gasteiger partial charge in [0.2, 0.25) is 0 Å². The molecule has 3 nitrogen and oxygen atoms in total. The minimum atomic E-state index is -0.799. The summed E-state index contributed by atoms with van der Waals surface area (Å²) in [6.45, 7) is 2.60. The average Bonchev–Trinajstić information content (AvgIpc) is 3.13. The third-order valence-electron chi connectivity index (χ3n) is 3.52. The molecule has 1 aliphatic rings. The first-order valence-corrected chi connectivity index (χ1v) is 6.14. The highest BCUT2D eigenvalue weighted by Gasteiger charge is 2.46. The van der Waals surface area contributed by atoms with Crippen LogP contribution in [0.3, 0.4) is 0 Å². The molecule has 0 amide bonds. The fourth-order valence-corrected chi connectivity index (χ4v) is 2.45. The summed E-state index contributed by atoms with van der Waals surface area (Å²) in [6, 6.07) is 5.98. The second-order valence-corrected chi connectivity index (χ2v) is 4.93. The normalized spacial score (nSPS) is 18.8. The first kappa shape index (κ1) is 12.4. The molecule has 1 unspecified atom stereocenters. The van der Waals surface area contributed by atoms with Crippen LogP contribution in [0.15, 0.2) is 18.2 Å². The van der Waals surface area contributed by atoms with Crippen LogP contribution < -0.4 is 10.1 Å². The van der Waals surface area contributed by atoms with E-state index in [1.54, 1.807) is 7.11 Å². The number of ether oxygens (including phenoxy) is 1. The molecule has 0 spiro atoms. The average molecular weight is 235 g/mol. The van der Waals surface area contributed by atoms with Gasteiger partial charge in [-0.25, -0.2) is 0 Å². The highest BCUT2D eigenvalue weighted by atomic mass is 16.5. The molecule has 2 N–H and O–H groups in total. The summed E-state index contributed by atoms with van der Waals surface area (Å²) in [6.07, 6.45) is 2.19. The topological polar surface area (TPSA) is 41.5 Å². The van der Waals surface area contributed by atoms with Crippen molar-refractivity contribution in [3.05, 3.63) is 29.3 Å². The molecule has 0 aromatic heterocycles. The predicted molar refractivity (Wildman–Crippen MR) is 68.3 cm³/mol. The van der Waals surface area contributed by atoms with Gasteiger partial charge in [0.15, 0.2) is 0 Å². The van der Waals surface area contributed by atoms with E-state index in [2.05, 4.69) is 5.32 Å². The maximum absolute atomic E-state index is 10.9. The van der Waals surface area contributed by atoms with Crippen molar-refractivity contribution in [2.75, 3.05) is 20.7 Å². The summed E-state index contributed by atoms with van der Waals surface area (Å²) in [5, 5.41) is 14.0. The van der Waals surface area contributed by atoms with Crippen molar-refractivity contribution in [2.45, 2.75) is 25.4 Å². The number of likely N-dealkylation sites (N-methyl/N-ethyl adjacent to an activating group) is 1. The molecular formula is C14H21NO2. The Bertz CT molecular complexity index is 401. The van der Waals surface area contributed by atoms with E-state index in [4.69, 9.17) is 4.74 Å². The first-order chi connectivity index (χ1) is 8.11. The van der Waals surface area contributed by atoms with Gasteiger partial charge < -0.3 is 15.2 Å². The van der Waals surface area contributed by atoms with Crippen LogP contribution in [0, 0.1) is 12.8 Å². The fourth-order valence-electron chi connectivity index (χ4n) is 2.45. The van der Waals surface area contributed by atoms with Gasteiger partial charge in [0.05, 0.1) is 7.11 Å². The molecule has 1 fully saturated rings. The van der Waals surface area contributed by atoms with E-state index < -0.39 is 5.60 Å². The largest absolute Gasteiger partial charge is 0.496 e. The number of hydrogen-bond acceptors (Lipinski definition) is 3. The highest BCUT2D eigenvalue weighted by molar-refractivity contribution is 5.42. The zero-order chi connectivity index (χ0) is 12.5. The minimum absolute atomic E-state index is 0.352. The van der Waals surface area contributed by atoms with Gasteiger partial charge in [-0.15, -0.1) is 0 Å². The van der Waals surface area contributed by atoms with Crippen LogP contribution in [0.25, 0.3) is 0 Å². The molecule has 0 heterocycles. The van der Waals surface area contributed by atoms with Crippen LogP contribution in [0.4, 0.5) is 0 Å². The van der Waals surface area contributed by atoms with Crippen LogP contribution in [0.2, 0.25) is 0 Å². The summed E-state index contributed by atoms with van der Waals surface area (Å²) in [5.41, 5.74) is 1.26. The van der Waals surface area contributed by atoms with Crippen LogP contribution in [0.1, 0.15) is 24.0 Å². The Morgan fingerprint density at radius 3 is 2.71 bits per heavy atom. The summed E-state index contributed by atoms with van der Waals surface area (Å²) in [4.78, 5) is 0. The molecule has 1 aromatic carbocycles. The van der Waals surface area contributed by atoms with E-state index >= 15 is 0 Å². The van der Waals surface area contributed by atoms with E-state index in [0.717, 1.165) is 29.7 Å². The number of aryl methyl sites for hydroxylation is 1. The van der Waals surface area contributed by atoms with Gasteiger partial charge in [-0.2, -0.15) is 0 Å². The Morgan fingerprint density at radius 1 is 1.47 bits per heavy atom. The zero-order valence-corrected chi connectivity index (χ0v) is 10.8. The number of aliphatic hydroxyl groups is 1. The second-order valence-electron chi connectivity index (χ2n) is 4.93. The molecule has 0 bridgehead atoms. The van der Waals surface area contributed by atoms with Crippen molar-refractivity contribution in [2.24, 2.45) is 5.92 Å². The van der Waals surface area contributed by atoms with Gasteiger partial charge in [-0.1, -0.05) is 11.6 Å². The third kappa shape index (κ3) is 2.31. The molecule has 1 atom stereocenters. The van der Waals surface area contributed by atoms with Gasteiger partial charge in [-0.05, 0) is 44.9 Å². The quantitative estimate of drug-likeness (QED) is 0.818. The highest BCUT2D eigenvalue weighted by Crippen LogP contribution is 2.48. The molecule has 94 valence electrons. The summed E-state index contributed by atoms with van der Waals surface area (Å²) in [7, 11) is 3.52. The maximum atomic E-state index is 10.9. The van der Waals surface area contributed by atoms with Gasteiger partial charge in [0, 0.05) is 12.1 Å². The maximum Gasteiger partial charge on any atom is 0.125 e. The van der Waals surface area contributed by atoms with Crippen molar-refractivity contribution in [3.8, 4) is 5.75 Å². The number of methoxy groups -OCH3 is 1. The zero-order valence-electron chi connectivity index (χ0n) is 10.8. The Balaban J connectivity index is 2.44. The molecule has 2 rings (SSSR count). The van der Waals surface area contributed by atoms with Crippen molar-refractivity contribution in [3.63, 3.8) is 0 Å². The number of hydrogen-bond donors (Lipinski definition) is 2. The molecule has 3 heteroatoms. The number of benzene rings is 1. The Morgan fingerprint density at radius 2 is 2.18 bits per heavy atom. The molecule has 0 radical (unpaired) electrons. The smallest absolute Gasteiger partial charge is 0.125 e. The van der Waals surface area contributed by atoms with Gasteiger partial charge in [0.25, 0.3) is 0 Å². The molecule has 1 aromatic rings. The van der Waals surface area contributed by atoms with Crippen LogP contribution in [-0.2, 0) is 5.60 Å². The van der Waals surface area contributed by atoms with E-state index in [0.29, 0.717) is 12.5 Å². The van der Waals surface area contributed by atoms with Crippen molar-refractivity contribution >= 4 is 0 Å². The Labute approximate surface area is 103 Å². The molecular weight excluding hydrogens is 214 g/mol. The van der Waals surface area contributed by atoms with E-state index in [1.807, 2.05) is 32.2 Å². The monoisotopic (exact) mass is 235 g/mol. The van der Waals surface area contributed by atoms with E-state index in [1.165, 1.54) is 0 Å². The Hall–Kier alpha value is -1.06. The second kappa shape index (κ2) is 4.67. The SMILES string of the molecule is CNCC(O)(c1cc(C)ccc1OC)C1CC1. The van der Waals surface area contributed by atoms with E-state index in [-0.39, 0.29) is 0 Å². The minimum Gasteiger partial charge on any atom is -0.496 e. The van der Waals surface area contributed by atoms with Crippen molar-refractivity contribution in [1.29, 1.82) is 0 Å². The lowest BCUT2D eigenvalue weighted by Gasteiger charge is -2.30. The Kier molecular flexibility index (Phi) is 3.40. The number of rotatable bonds is 5. The lowest BCUT2D eigenvalue weighted by Crippen LogP contribution is -2.39. The summed E-state index contributed by atoms with van der Waals surface area (Å²) < 4.78 is 5.38. The first-order valence-electron chi connectivity index (χ1n) is 6.14. The molecule has 0 saturated heterocycles. The molecule has 1 aliphatic carbocycles. The molecule has 1 saturated carbocycles. The van der Waals surface area contributed by atoms with Gasteiger partial charge in [0.1, 0.15) is 11.4 Å². The van der Waals surface area contributed by atoms with Gasteiger partial charge >= 0.3 is 0 Å².